The Labute approximate surface area is 84.9 Å². The van der Waals surface area contributed by atoms with E-state index in [2.05, 4.69) is 9.97 Å². The Balaban J connectivity index is 2.08. The third kappa shape index (κ3) is 1.79. The predicted molar refractivity (Wildman–Crippen MR) is 51.5 cm³/mol. The van der Waals surface area contributed by atoms with Gasteiger partial charge >= 0.3 is 0 Å². The maximum atomic E-state index is 11.4. The van der Waals surface area contributed by atoms with Gasteiger partial charge in [0.15, 0.2) is 0 Å². The van der Waals surface area contributed by atoms with Gasteiger partial charge in [0.25, 0.3) is 0 Å². The normalized spacial score (nSPS) is 17.6. The second-order valence-corrected chi connectivity index (χ2v) is 3.93. The Morgan fingerprint density at radius 1 is 1.43 bits per heavy atom. The average molecular weight is 211 g/mol. The van der Waals surface area contributed by atoms with Crippen molar-refractivity contribution >= 4 is 23.6 Å². The fourth-order valence-electron chi connectivity index (χ4n) is 1.24. The van der Waals surface area contributed by atoms with Gasteiger partial charge in [-0.15, -0.1) is 11.8 Å². The number of aromatic amines is 1. The van der Waals surface area contributed by atoms with Crippen LogP contribution in [0, 0.1) is 0 Å². The molecule has 6 heteroatoms. The lowest BCUT2D eigenvalue weighted by atomic mass is 10.4. The third-order valence-corrected chi connectivity index (χ3v) is 2.84. The van der Waals surface area contributed by atoms with Gasteiger partial charge in [-0.05, 0) is 0 Å². The first-order valence-electron chi connectivity index (χ1n) is 4.15. The lowest BCUT2D eigenvalue weighted by Crippen LogP contribution is -2.42. The number of rotatable bonds is 2. The zero-order valence-electron chi connectivity index (χ0n) is 7.40. The summed E-state index contributed by atoms with van der Waals surface area (Å²) in [5.74, 6) is 0.529. The molecule has 1 saturated heterocycles. The summed E-state index contributed by atoms with van der Waals surface area (Å²) in [5, 5.41) is 0. The molecule has 5 nitrogen and oxygen atoms in total. The van der Waals surface area contributed by atoms with Crippen molar-refractivity contribution in [2.24, 2.45) is 0 Å². The van der Waals surface area contributed by atoms with E-state index in [0.29, 0.717) is 18.1 Å². The molecule has 0 radical (unpaired) electrons. The topological polar surface area (TPSA) is 66.1 Å². The molecule has 1 N–H and O–H groups in total. The van der Waals surface area contributed by atoms with Crippen LogP contribution in [0.1, 0.15) is 5.69 Å². The molecule has 0 atom stereocenters. The molecule has 1 fully saturated rings. The number of carbonyl (C=O) groups excluding carboxylic acids is 2. The Morgan fingerprint density at radius 3 is 2.71 bits per heavy atom. The minimum absolute atomic E-state index is 0.124. The van der Waals surface area contributed by atoms with Crippen molar-refractivity contribution in [3.05, 3.63) is 18.2 Å². The van der Waals surface area contributed by atoms with E-state index in [-0.39, 0.29) is 11.8 Å². The number of H-pyrrole nitrogens is 1. The smallest absolute Gasteiger partial charge is 0.239 e. The number of amides is 2. The van der Waals surface area contributed by atoms with E-state index in [9.17, 15) is 9.59 Å². The van der Waals surface area contributed by atoms with Crippen LogP contribution in [0.5, 0.6) is 0 Å². The Kier molecular flexibility index (Phi) is 2.53. The van der Waals surface area contributed by atoms with Gasteiger partial charge in [0.1, 0.15) is 0 Å². The molecule has 0 bridgehead atoms. The van der Waals surface area contributed by atoms with Crippen molar-refractivity contribution in [3.63, 3.8) is 0 Å². The number of thioether (sulfide) groups is 1. The highest BCUT2D eigenvalue weighted by Gasteiger charge is 2.26. The zero-order chi connectivity index (χ0) is 9.97. The number of imidazole rings is 1. The summed E-state index contributed by atoms with van der Waals surface area (Å²) in [7, 11) is 0. The van der Waals surface area contributed by atoms with Gasteiger partial charge in [-0.2, -0.15) is 0 Å². The summed E-state index contributed by atoms with van der Waals surface area (Å²) in [5.41, 5.74) is 0.776. The van der Waals surface area contributed by atoms with Crippen molar-refractivity contribution in [2.75, 3.05) is 11.5 Å². The molecule has 74 valence electrons. The van der Waals surface area contributed by atoms with Crippen LogP contribution in [0.4, 0.5) is 0 Å². The molecular formula is C8H9N3O2S. The molecule has 2 rings (SSSR count). The van der Waals surface area contributed by atoms with E-state index >= 15 is 0 Å². The van der Waals surface area contributed by atoms with Crippen LogP contribution in [0.3, 0.4) is 0 Å². The lowest BCUT2D eigenvalue weighted by molar-refractivity contribution is -0.142. The van der Waals surface area contributed by atoms with E-state index in [1.54, 1.807) is 6.20 Å². The molecule has 0 aromatic carbocycles. The largest absolute Gasteiger partial charge is 0.347 e. The average Bonchev–Trinajstić information content (AvgIpc) is 2.64. The minimum Gasteiger partial charge on any atom is -0.347 e. The second kappa shape index (κ2) is 3.83. The molecule has 14 heavy (non-hydrogen) atoms. The molecule has 0 unspecified atom stereocenters. The first-order valence-corrected chi connectivity index (χ1v) is 5.31. The first kappa shape index (κ1) is 9.26. The van der Waals surface area contributed by atoms with Crippen molar-refractivity contribution in [1.82, 2.24) is 14.9 Å². The molecule has 2 amide bonds. The molecular weight excluding hydrogens is 202 g/mol. The highest BCUT2D eigenvalue weighted by atomic mass is 32.2. The summed E-state index contributed by atoms with van der Waals surface area (Å²) >= 11 is 1.36. The summed E-state index contributed by atoms with van der Waals surface area (Å²) in [4.78, 5) is 30.7. The number of nitrogens with one attached hydrogen (secondary N) is 1. The van der Waals surface area contributed by atoms with Gasteiger partial charge in [0, 0.05) is 6.20 Å². The SMILES string of the molecule is O=C1CSCC(=O)N1Cc1cnc[nH]1. The minimum atomic E-state index is -0.124. The number of nitrogens with zero attached hydrogens (tertiary/aromatic N) is 2. The molecule has 0 aliphatic carbocycles. The summed E-state index contributed by atoms with van der Waals surface area (Å²) in [6.45, 7) is 0.304. The molecule has 1 aliphatic rings. The van der Waals surface area contributed by atoms with E-state index in [0.717, 1.165) is 5.69 Å². The molecule has 1 aromatic heterocycles. The number of carbonyl (C=O) groups is 2. The molecule has 0 saturated carbocycles. The van der Waals surface area contributed by atoms with Crippen LogP contribution >= 0.6 is 11.8 Å². The summed E-state index contributed by atoms with van der Waals surface area (Å²) in [6.07, 6.45) is 3.14. The van der Waals surface area contributed by atoms with Crippen LogP contribution < -0.4 is 0 Å². The monoisotopic (exact) mass is 211 g/mol. The van der Waals surface area contributed by atoms with Gasteiger partial charge in [0.05, 0.1) is 30.1 Å². The van der Waals surface area contributed by atoms with Crippen LogP contribution in [-0.4, -0.2) is 38.2 Å². The third-order valence-electron chi connectivity index (χ3n) is 1.94. The highest BCUT2D eigenvalue weighted by molar-refractivity contribution is 8.00. The Morgan fingerprint density at radius 2 is 2.14 bits per heavy atom. The van der Waals surface area contributed by atoms with Crippen LogP contribution in [0.15, 0.2) is 12.5 Å². The lowest BCUT2D eigenvalue weighted by Gasteiger charge is -2.23. The fraction of sp³-hybridized carbons (Fsp3) is 0.375. The number of hydrogen-bond acceptors (Lipinski definition) is 4. The second-order valence-electron chi connectivity index (χ2n) is 2.94. The fourth-order valence-corrected chi connectivity index (χ4v) is 2.00. The quantitative estimate of drug-likeness (QED) is 0.700. The van der Waals surface area contributed by atoms with Gasteiger partial charge in [-0.3, -0.25) is 14.5 Å². The first-order chi connectivity index (χ1) is 6.77. The highest BCUT2D eigenvalue weighted by Crippen LogP contribution is 2.14. The zero-order valence-corrected chi connectivity index (χ0v) is 8.21. The number of hydrogen-bond donors (Lipinski definition) is 1. The summed E-state index contributed by atoms with van der Waals surface area (Å²) < 4.78 is 0. The molecule has 2 heterocycles. The molecule has 1 aliphatic heterocycles. The Bertz CT molecular complexity index is 333. The van der Waals surface area contributed by atoms with Crippen molar-refractivity contribution in [3.8, 4) is 0 Å². The van der Waals surface area contributed by atoms with Crippen LogP contribution in [-0.2, 0) is 16.1 Å². The van der Waals surface area contributed by atoms with Gasteiger partial charge in [0.2, 0.25) is 11.8 Å². The van der Waals surface area contributed by atoms with Crippen molar-refractivity contribution in [2.45, 2.75) is 6.54 Å². The maximum Gasteiger partial charge on any atom is 0.239 e. The van der Waals surface area contributed by atoms with Crippen LogP contribution in [0.2, 0.25) is 0 Å². The van der Waals surface area contributed by atoms with Crippen LogP contribution in [0.25, 0.3) is 0 Å². The Hall–Kier alpha value is -1.30. The number of imide groups is 1. The van der Waals surface area contributed by atoms with E-state index in [4.69, 9.17) is 0 Å². The maximum absolute atomic E-state index is 11.4. The van der Waals surface area contributed by atoms with Gasteiger partial charge in [-0.25, -0.2) is 4.98 Å². The van der Waals surface area contributed by atoms with Crippen molar-refractivity contribution in [1.29, 1.82) is 0 Å². The van der Waals surface area contributed by atoms with E-state index in [1.165, 1.54) is 23.0 Å². The summed E-state index contributed by atoms with van der Waals surface area (Å²) in [6, 6.07) is 0. The van der Waals surface area contributed by atoms with E-state index < -0.39 is 0 Å². The molecule has 1 aromatic rings. The predicted octanol–water partition coefficient (Wildman–Crippen LogP) is 0.0117. The number of aromatic nitrogens is 2. The molecule has 0 spiro atoms. The van der Waals surface area contributed by atoms with Gasteiger partial charge in [-0.1, -0.05) is 0 Å². The van der Waals surface area contributed by atoms with Crippen molar-refractivity contribution < 1.29 is 9.59 Å². The van der Waals surface area contributed by atoms with E-state index in [1.807, 2.05) is 0 Å². The van der Waals surface area contributed by atoms with Gasteiger partial charge < -0.3 is 4.98 Å². The standard InChI is InChI=1S/C8H9N3O2S/c12-7-3-14-4-8(13)11(7)2-6-1-9-5-10-6/h1,5H,2-4H2,(H,9,10).